The Labute approximate surface area is 80.3 Å². The van der Waals surface area contributed by atoms with E-state index < -0.39 is 4.56 Å². The van der Waals surface area contributed by atoms with Crippen LogP contribution in [0.1, 0.15) is 0 Å². The summed E-state index contributed by atoms with van der Waals surface area (Å²) in [5, 5.41) is 7.47. The Bertz CT molecular complexity index is 223. The molecule has 0 fully saturated rings. The molecule has 61 valence electrons. The summed E-state index contributed by atoms with van der Waals surface area (Å²) in [4.78, 5) is 12.9. The van der Waals surface area contributed by atoms with Crippen molar-refractivity contribution < 1.29 is 32.9 Å². The summed E-state index contributed by atoms with van der Waals surface area (Å²) in [5.41, 5.74) is 0. The van der Waals surface area contributed by atoms with Crippen molar-refractivity contribution in [3.05, 3.63) is 24.5 Å². The van der Waals surface area contributed by atoms with E-state index in [4.69, 9.17) is 14.6 Å². The topological polar surface area (TPSA) is 59.4 Å². The number of hydrogen-bond donors (Lipinski definition) is 1. The zero-order valence-corrected chi connectivity index (χ0v) is 9.69. The van der Waals surface area contributed by atoms with Gasteiger partial charge in [-0.05, 0) is 12.1 Å². The van der Waals surface area contributed by atoms with Gasteiger partial charge in [0.1, 0.15) is 5.75 Å². The number of nitrogens with zero attached hydrogens (tertiary/aromatic N) is 1. The first-order valence-electron chi connectivity index (χ1n) is 3.15. The zero-order chi connectivity index (χ0) is 9.40. The van der Waals surface area contributed by atoms with Crippen LogP contribution in [0.25, 0.3) is 0 Å². The van der Waals surface area contributed by atoms with E-state index in [1.54, 1.807) is 19.5 Å². The molecule has 4 nitrogen and oxygen atoms in total. The van der Waals surface area contributed by atoms with E-state index in [0.717, 1.165) is 5.75 Å². The van der Waals surface area contributed by atoms with Crippen molar-refractivity contribution in [2.45, 2.75) is 0 Å². The molecule has 0 atom stereocenters. The van der Waals surface area contributed by atoms with Crippen LogP contribution >= 0.6 is 0 Å². The number of rotatable bonds is 1. The van der Waals surface area contributed by atoms with Crippen LogP contribution in [0, 0.1) is 0 Å². The van der Waals surface area contributed by atoms with Gasteiger partial charge in [0.2, 0.25) is 0 Å². The maximum absolute atomic E-state index is 9.06. The summed E-state index contributed by atoms with van der Waals surface area (Å²) < 4.78 is 4.14. The SMILES string of the molecule is COc1cccnc1.O=[C](O)[Zn]. The minimum absolute atomic E-state index is 0.347. The van der Waals surface area contributed by atoms with Crippen molar-refractivity contribution in [1.29, 1.82) is 0 Å². The summed E-state index contributed by atoms with van der Waals surface area (Å²) in [6, 6.07) is 3.69. The molecule has 1 rings (SSSR count). The van der Waals surface area contributed by atoms with E-state index in [-0.39, 0.29) is 0 Å². The van der Waals surface area contributed by atoms with E-state index in [2.05, 4.69) is 4.98 Å². The second kappa shape index (κ2) is 6.73. The minimum atomic E-state index is -0.708. The van der Waals surface area contributed by atoms with E-state index in [9.17, 15) is 0 Å². The predicted molar refractivity (Wildman–Crippen MR) is 38.8 cm³/mol. The van der Waals surface area contributed by atoms with Crippen molar-refractivity contribution >= 4 is 4.56 Å². The molecule has 5 heteroatoms. The van der Waals surface area contributed by atoms with Gasteiger partial charge in [-0.1, -0.05) is 0 Å². The van der Waals surface area contributed by atoms with Crippen molar-refractivity contribution in [1.82, 2.24) is 4.98 Å². The standard InChI is InChI=1S/C6H7NO.CHO2.Zn/c1-8-6-3-2-4-7-5-6;2-1-3;/h2-5H,1H3;(H,2,3);. The number of carboxylic acid groups (broad SMARTS) is 1. The molecule has 0 amide bonds. The molecule has 0 aromatic carbocycles. The zero-order valence-electron chi connectivity index (χ0n) is 6.73. The molecule has 0 aliphatic heterocycles. The summed E-state index contributed by atoms with van der Waals surface area (Å²) in [6.07, 6.45) is 3.38. The quantitative estimate of drug-likeness (QED) is 0.724. The van der Waals surface area contributed by atoms with E-state index in [0.29, 0.717) is 18.3 Å². The Morgan fingerprint density at radius 2 is 2.33 bits per heavy atom. The molecule has 1 aromatic rings. The predicted octanol–water partition coefficient (Wildman–Crippen LogP) is 1.30. The molecular formula is C7H8NO3Zn. The summed E-state index contributed by atoms with van der Waals surface area (Å²) in [5.74, 6) is 0.799. The molecule has 1 heterocycles. The number of ether oxygens (including phenoxy) is 1. The number of methoxy groups -OCH3 is 1. The first-order chi connectivity index (χ1) is 5.66. The van der Waals surface area contributed by atoms with Crippen molar-refractivity contribution in [3.63, 3.8) is 0 Å². The van der Waals surface area contributed by atoms with E-state index in [1.165, 1.54) is 0 Å². The normalized spacial score (nSPS) is 7.92. The third-order valence-electron chi connectivity index (χ3n) is 0.870. The Hall–Kier alpha value is -0.957. The van der Waals surface area contributed by atoms with Crippen LogP contribution in [0.4, 0.5) is 4.79 Å². The third kappa shape index (κ3) is 7.15. The first-order valence-corrected chi connectivity index (χ1v) is 4.64. The number of aromatic nitrogens is 1. The molecule has 1 N–H and O–H groups in total. The van der Waals surface area contributed by atoms with Crippen molar-refractivity contribution in [2.24, 2.45) is 0 Å². The molecule has 0 aliphatic rings. The summed E-state index contributed by atoms with van der Waals surface area (Å²) in [7, 11) is 1.62. The van der Waals surface area contributed by atoms with Crippen molar-refractivity contribution in [2.75, 3.05) is 7.11 Å². The van der Waals surface area contributed by atoms with Crippen LogP contribution in [0.5, 0.6) is 5.75 Å². The molecule has 0 radical (unpaired) electrons. The second-order valence-corrected chi connectivity index (χ2v) is 3.06. The van der Waals surface area contributed by atoms with Gasteiger partial charge in [-0.2, -0.15) is 0 Å². The first kappa shape index (κ1) is 11.0. The molecule has 1 aromatic heterocycles. The van der Waals surface area contributed by atoms with E-state index >= 15 is 0 Å². The van der Waals surface area contributed by atoms with Gasteiger partial charge in [0.15, 0.2) is 0 Å². The second-order valence-electron chi connectivity index (χ2n) is 1.79. The maximum atomic E-state index is 9.06. The van der Waals surface area contributed by atoms with Crippen LogP contribution in [0.2, 0.25) is 0 Å². The van der Waals surface area contributed by atoms with Gasteiger partial charge in [0, 0.05) is 6.20 Å². The van der Waals surface area contributed by atoms with Crippen LogP contribution in [-0.2, 0) is 18.3 Å². The van der Waals surface area contributed by atoms with Gasteiger partial charge in [-0.15, -0.1) is 0 Å². The fraction of sp³-hybridized carbons (Fsp3) is 0.143. The number of carbonyl (C=O) groups is 1. The molecule has 0 saturated carbocycles. The van der Waals surface area contributed by atoms with E-state index in [1.807, 2.05) is 12.1 Å². The Morgan fingerprint density at radius 3 is 2.58 bits per heavy atom. The summed E-state index contributed by atoms with van der Waals surface area (Å²) in [6.45, 7) is 0. The third-order valence-corrected chi connectivity index (χ3v) is 0.870. The number of pyridine rings is 1. The van der Waals surface area contributed by atoms with Gasteiger partial charge >= 0.3 is 32.8 Å². The fourth-order valence-electron chi connectivity index (χ4n) is 0.468. The molecule has 0 unspecified atom stereocenters. The van der Waals surface area contributed by atoms with Crippen molar-refractivity contribution in [3.8, 4) is 5.75 Å². The molecule has 0 bridgehead atoms. The Morgan fingerprint density at radius 1 is 1.75 bits per heavy atom. The molecular weight excluding hydrogens is 211 g/mol. The van der Waals surface area contributed by atoms with Crippen LogP contribution in [0.15, 0.2) is 24.5 Å². The molecule has 0 saturated heterocycles. The van der Waals surface area contributed by atoms with Crippen LogP contribution < -0.4 is 4.74 Å². The van der Waals surface area contributed by atoms with Gasteiger partial charge < -0.3 is 4.74 Å². The molecule has 12 heavy (non-hydrogen) atoms. The Balaban J connectivity index is 0.000000261. The van der Waals surface area contributed by atoms with Gasteiger partial charge in [0.25, 0.3) is 0 Å². The Kier molecular flexibility index (Phi) is 6.20. The van der Waals surface area contributed by atoms with Gasteiger partial charge in [-0.3, -0.25) is 4.98 Å². The van der Waals surface area contributed by atoms with Gasteiger partial charge in [-0.25, -0.2) is 0 Å². The van der Waals surface area contributed by atoms with Gasteiger partial charge in [0.05, 0.1) is 13.3 Å². The molecule has 0 spiro atoms. The van der Waals surface area contributed by atoms with Crippen LogP contribution in [-0.4, -0.2) is 21.8 Å². The number of hydrogen-bond acceptors (Lipinski definition) is 3. The molecule has 0 aliphatic carbocycles. The average molecular weight is 220 g/mol. The summed E-state index contributed by atoms with van der Waals surface area (Å²) >= 11 is 0.347. The fourth-order valence-corrected chi connectivity index (χ4v) is 0.468. The van der Waals surface area contributed by atoms with Crippen LogP contribution in [0.3, 0.4) is 0 Å². The monoisotopic (exact) mass is 218 g/mol. The average Bonchev–Trinajstić information content (AvgIpc) is 2.05.